The molecule has 86 valence electrons. The van der Waals surface area contributed by atoms with E-state index in [0.29, 0.717) is 5.92 Å². The van der Waals surface area contributed by atoms with Crippen molar-refractivity contribution in [1.82, 2.24) is 4.98 Å². The molecule has 1 aromatic carbocycles. The van der Waals surface area contributed by atoms with E-state index in [0.717, 1.165) is 19.5 Å². The third-order valence-corrected chi connectivity index (χ3v) is 2.89. The molecular formula is C13H19N3. The minimum atomic E-state index is 0.610. The largest absolute Gasteiger partial charge is 0.383 e. The molecule has 0 bridgehead atoms. The summed E-state index contributed by atoms with van der Waals surface area (Å²) in [5.41, 5.74) is 7.89. The van der Waals surface area contributed by atoms with Crippen molar-refractivity contribution in [1.29, 1.82) is 0 Å². The predicted molar refractivity (Wildman–Crippen MR) is 69.6 cm³/mol. The van der Waals surface area contributed by atoms with E-state index in [2.05, 4.69) is 35.4 Å². The molecule has 0 saturated carbocycles. The monoisotopic (exact) mass is 217 g/mol. The van der Waals surface area contributed by atoms with Crippen LogP contribution in [0.15, 0.2) is 30.5 Å². The molecule has 1 unspecified atom stereocenters. The van der Waals surface area contributed by atoms with Gasteiger partial charge in [0.05, 0.1) is 5.69 Å². The second-order valence-corrected chi connectivity index (χ2v) is 4.31. The fourth-order valence-electron chi connectivity index (χ4n) is 1.89. The van der Waals surface area contributed by atoms with Crippen LogP contribution in [0, 0.1) is 5.92 Å². The molecule has 0 saturated heterocycles. The maximum Gasteiger partial charge on any atom is 0.0597 e. The highest BCUT2D eigenvalue weighted by atomic mass is 14.9. The van der Waals surface area contributed by atoms with Gasteiger partial charge in [-0.25, -0.2) is 0 Å². The summed E-state index contributed by atoms with van der Waals surface area (Å²) in [5.74, 6) is 0.610. The Labute approximate surface area is 96.0 Å². The van der Waals surface area contributed by atoms with Crippen LogP contribution in [0.4, 0.5) is 5.69 Å². The Bertz CT molecular complexity index is 447. The highest BCUT2D eigenvalue weighted by Gasteiger charge is 2.04. The first-order valence-corrected chi connectivity index (χ1v) is 5.81. The van der Waals surface area contributed by atoms with Gasteiger partial charge in [-0.1, -0.05) is 25.1 Å². The van der Waals surface area contributed by atoms with Crippen molar-refractivity contribution >= 4 is 16.6 Å². The van der Waals surface area contributed by atoms with Gasteiger partial charge < -0.3 is 16.0 Å². The lowest BCUT2D eigenvalue weighted by Gasteiger charge is -2.11. The first-order chi connectivity index (χ1) is 7.81. The number of benzene rings is 1. The standard InChI is InChI=1S/C13H19N3/c1-10(6-7-14)8-15-13-9-16-12-5-3-2-4-11(12)13/h2-5,9-10,15-16H,6-8,14H2,1H3. The minimum absolute atomic E-state index is 0.610. The second-order valence-electron chi connectivity index (χ2n) is 4.31. The van der Waals surface area contributed by atoms with Crippen LogP contribution in [-0.4, -0.2) is 18.1 Å². The smallest absolute Gasteiger partial charge is 0.0597 e. The number of para-hydroxylation sites is 1. The molecule has 0 spiro atoms. The van der Waals surface area contributed by atoms with E-state index in [1.165, 1.54) is 16.6 Å². The van der Waals surface area contributed by atoms with E-state index in [1.54, 1.807) is 0 Å². The van der Waals surface area contributed by atoms with Crippen molar-refractivity contribution in [2.75, 3.05) is 18.4 Å². The topological polar surface area (TPSA) is 53.8 Å². The van der Waals surface area contributed by atoms with E-state index in [1.807, 2.05) is 12.3 Å². The predicted octanol–water partition coefficient (Wildman–Crippen LogP) is 2.56. The van der Waals surface area contributed by atoms with E-state index in [4.69, 9.17) is 5.73 Å². The summed E-state index contributed by atoms with van der Waals surface area (Å²) in [6.07, 6.45) is 3.09. The summed E-state index contributed by atoms with van der Waals surface area (Å²) >= 11 is 0. The molecule has 0 aliphatic heterocycles. The first-order valence-electron chi connectivity index (χ1n) is 5.81. The van der Waals surface area contributed by atoms with E-state index >= 15 is 0 Å². The average Bonchev–Trinajstić information content (AvgIpc) is 2.70. The fraction of sp³-hybridized carbons (Fsp3) is 0.385. The zero-order chi connectivity index (χ0) is 11.4. The molecular weight excluding hydrogens is 198 g/mol. The van der Waals surface area contributed by atoms with Crippen LogP contribution >= 0.6 is 0 Å². The maximum atomic E-state index is 5.53. The zero-order valence-electron chi connectivity index (χ0n) is 9.66. The Morgan fingerprint density at radius 1 is 1.38 bits per heavy atom. The lowest BCUT2D eigenvalue weighted by Crippen LogP contribution is -2.14. The summed E-state index contributed by atoms with van der Waals surface area (Å²) in [4.78, 5) is 3.26. The summed E-state index contributed by atoms with van der Waals surface area (Å²) in [6.45, 7) is 3.95. The van der Waals surface area contributed by atoms with E-state index in [-0.39, 0.29) is 0 Å². The molecule has 2 rings (SSSR count). The lowest BCUT2D eigenvalue weighted by atomic mass is 10.1. The SMILES string of the molecule is CC(CCN)CNc1c[nH]c2ccccc12. The van der Waals surface area contributed by atoms with Crippen molar-refractivity contribution in [3.8, 4) is 0 Å². The molecule has 1 atom stereocenters. The van der Waals surface area contributed by atoms with Crippen LogP contribution in [0.5, 0.6) is 0 Å². The van der Waals surface area contributed by atoms with Gasteiger partial charge in [0.1, 0.15) is 0 Å². The number of rotatable bonds is 5. The molecule has 4 N–H and O–H groups in total. The van der Waals surface area contributed by atoms with Gasteiger partial charge in [0.25, 0.3) is 0 Å². The number of fused-ring (bicyclic) bond motifs is 1. The van der Waals surface area contributed by atoms with Crippen LogP contribution in [0.3, 0.4) is 0 Å². The molecule has 0 fully saturated rings. The highest BCUT2D eigenvalue weighted by Crippen LogP contribution is 2.22. The molecule has 1 heterocycles. The van der Waals surface area contributed by atoms with Gasteiger partial charge in [0.15, 0.2) is 0 Å². The number of anilines is 1. The molecule has 0 amide bonds. The van der Waals surface area contributed by atoms with E-state index in [9.17, 15) is 0 Å². The van der Waals surface area contributed by atoms with Crippen molar-refractivity contribution in [3.05, 3.63) is 30.5 Å². The second kappa shape index (κ2) is 5.03. The quantitative estimate of drug-likeness (QED) is 0.721. The van der Waals surface area contributed by atoms with Crippen LogP contribution in [0.2, 0.25) is 0 Å². The van der Waals surface area contributed by atoms with Gasteiger partial charge in [-0.3, -0.25) is 0 Å². The Kier molecular flexibility index (Phi) is 3.47. The van der Waals surface area contributed by atoms with Crippen molar-refractivity contribution in [3.63, 3.8) is 0 Å². The van der Waals surface area contributed by atoms with Crippen molar-refractivity contribution in [2.45, 2.75) is 13.3 Å². The van der Waals surface area contributed by atoms with Gasteiger partial charge in [-0.2, -0.15) is 0 Å². The third kappa shape index (κ3) is 2.36. The van der Waals surface area contributed by atoms with Gasteiger partial charge >= 0.3 is 0 Å². The zero-order valence-corrected chi connectivity index (χ0v) is 9.66. The Morgan fingerprint density at radius 3 is 3.00 bits per heavy atom. The molecule has 3 nitrogen and oxygen atoms in total. The van der Waals surface area contributed by atoms with Gasteiger partial charge in [0, 0.05) is 23.6 Å². The van der Waals surface area contributed by atoms with Crippen LogP contribution in [0.25, 0.3) is 10.9 Å². The van der Waals surface area contributed by atoms with Crippen LogP contribution in [-0.2, 0) is 0 Å². The molecule has 0 aliphatic rings. The summed E-state index contributed by atoms with van der Waals surface area (Å²) in [7, 11) is 0. The highest BCUT2D eigenvalue weighted by molar-refractivity contribution is 5.92. The van der Waals surface area contributed by atoms with Gasteiger partial charge in [-0.15, -0.1) is 0 Å². The number of nitrogens with one attached hydrogen (secondary N) is 2. The molecule has 3 heteroatoms. The fourth-order valence-corrected chi connectivity index (χ4v) is 1.89. The number of aromatic nitrogens is 1. The number of hydrogen-bond donors (Lipinski definition) is 3. The Hall–Kier alpha value is -1.48. The minimum Gasteiger partial charge on any atom is -0.383 e. The van der Waals surface area contributed by atoms with E-state index < -0.39 is 0 Å². The summed E-state index contributed by atoms with van der Waals surface area (Å²) in [6, 6.07) is 8.32. The number of nitrogens with two attached hydrogens (primary N) is 1. The van der Waals surface area contributed by atoms with Crippen LogP contribution in [0.1, 0.15) is 13.3 Å². The van der Waals surface area contributed by atoms with Crippen LogP contribution < -0.4 is 11.1 Å². The number of H-pyrrole nitrogens is 1. The molecule has 1 aromatic heterocycles. The average molecular weight is 217 g/mol. The molecule has 0 aliphatic carbocycles. The number of hydrogen-bond acceptors (Lipinski definition) is 2. The summed E-state index contributed by atoms with van der Waals surface area (Å²) in [5, 5.41) is 4.72. The van der Waals surface area contributed by atoms with Gasteiger partial charge in [0.2, 0.25) is 0 Å². The van der Waals surface area contributed by atoms with Gasteiger partial charge in [-0.05, 0) is 24.9 Å². The normalized spacial score (nSPS) is 12.9. The molecule has 16 heavy (non-hydrogen) atoms. The molecule has 0 radical (unpaired) electrons. The Balaban J connectivity index is 2.04. The van der Waals surface area contributed by atoms with Crippen molar-refractivity contribution < 1.29 is 0 Å². The third-order valence-electron chi connectivity index (χ3n) is 2.89. The first kappa shape index (κ1) is 11.0. The Morgan fingerprint density at radius 2 is 2.19 bits per heavy atom. The maximum absolute atomic E-state index is 5.53. The van der Waals surface area contributed by atoms with Crippen molar-refractivity contribution in [2.24, 2.45) is 11.7 Å². The molecule has 2 aromatic rings. The number of aromatic amines is 1. The lowest BCUT2D eigenvalue weighted by molar-refractivity contribution is 0.568. The summed E-state index contributed by atoms with van der Waals surface area (Å²) < 4.78 is 0.